The van der Waals surface area contributed by atoms with Gasteiger partial charge in [0.15, 0.2) is 12.4 Å². The molecule has 0 N–H and O–H groups in total. The van der Waals surface area contributed by atoms with Crippen molar-refractivity contribution in [1.29, 1.82) is 0 Å². The summed E-state index contributed by atoms with van der Waals surface area (Å²) >= 11 is 0. The monoisotopic (exact) mass is 532 g/mol. The first-order chi connectivity index (χ1) is 19.5. The molecule has 0 aliphatic carbocycles. The van der Waals surface area contributed by atoms with Gasteiger partial charge in [0, 0.05) is 88.8 Å². The average Bonchev–Trinajstić information content (AvgIpc) is 2.98. The first-order valence-corrected chi connectivity index (χ1v) is 14.4. The Morgan fingerprint density at radius 2 is 0.875 bits per heavy atom. The molecule has 40 heavy (non-hydrogen) atoms. The lowest BCUT2D eigenvalue weighted by molar-refractivity contribution is -0.700. The number of anilines is 2. The van der Waals surface area contributed by atoms with Crippen LogP contribution in [0.15, 0.2) is 97.3 Å². The summed E-state index contributed by atoms with van der Waals surface area (Å²) in [7, 11) is 8.28. The molecule has 0 aliphatic heterocycles. The predicted octanol–water partition coefficient (Wildman–Crippen LogP) is 7.00. The zero-order chi connectivity index (χ0) is 28.2. The van der Waals surface area contributed by atoms with Crippen molar-refractivity contribution < 1.29 is 9.13 Å². The Labute approximate surface area is 241 Å². The summed E-state index contributed by atoms with van der Waals surface area (Å²) < 4.78 is 4.73. The first-order valence-electron chi connectivity index (χ1n) is 14.4. The van der Waals surface area contributed by atoms with Gasteiger partial charge in [-0.1, -0.05) is 24.3 Å². The number of benzene rings is 2. The zero-order valence-corrected chi connectivity index (χ0v) is 24.6. The highest BCUT2D eigenvalue weighted by Crippen LogP contribution is 2.15. The number of hydrogen-bond acceptors (Lipinski definition) is 2. The molecule has 0 aliphatic rings. The fourth-order valence-electron chi connectivity index (χ4n) is 4.74. The molecular weight excluding hydrogens is 488 g/mol. The molecule has 0 fully saturated rings. The fraction of sp³-hybridized carbons (Fsp3) is 0.278. The third-order valence-electron chi connectivity index (χ3n) is 7.21. The molecule has 2 aromatic carbocycles. The number of aryl methyl sites for hydroxylation is 2. The molecule has 4 heteroatoms. The van der Waals surface area contributed by atoms with Gasteiger partial charge in [0.1, 0.15) is 13.1 Å². The van der Waals surface area contributed by atoms with Gasteiger partial charge < -0.3 is 9.80 Å². The highest BCUT2D eigenvalue weighted by Gasteiger charge is 2.08. The van der Waals surface area contributed by atoms with Gasteiger partial charge in [0.25, 0.3) is 0 Å². The van der Waals surface area contributed by atoms with E-state index < -0.39 is 0 Å². The van der Waals surface area contributed by atoms with Gasteiger partial charge in [-0.3, -0.25) is 0 Å². The molecule has 0 bridgehead atoms. The minimum atomic E-state index is 1.04. The Balaban J connectivity index is 1.24. The quantitative estimate of drug-likeness (QED) is 0.136. The smallest absolute Gasteiger partial charge is 0.205 e. The average molecular weight is 533 g/mol. The van der Waals surface area contributed by atoms with Crippen LogP contribution >= 0.6 is 0 Å². The van der Waals surface area contributed by atoms with E-state index in [1.165, 1.54) is 59.6 Å². The van der Waals surface area contributed by atoms with Crippen molar-refractivity contribution in [3.05, 3.63) is 120 Å². The second-order valence-corrected chi connectivity index (χ2v) is 10.7. The van der Waals surface area contributed by atoms with Crippen molar-refractivity contribution in [2.75, 3.05) is 38.0 Å². The molecule has 0 radical (unpaired) electrons. The van der Waals surface area contributed by atoms with Gasteiger partial charge in [-0.05, 0) is 72.5 Å². The molecule has 206 valence electrons. The summed E-state index contributed by atoms with van der Waals surface area (Å²) in [6, 6.07) is 30.2. The summed E-state index contributed by atoms with van der Waals surface area (Å²) in [5.41, 5.74) is 7.36. The van der Waals surface area contributed by atoms with Crippen molar-refractivity contribution in [2.24, 2.45) is 0 Å². The van der Waals surface area contributed by atoms with Crippen LogP contribution in [0.4, 0.5) is 11.4 Å². The molecule has 0 atom stereocenters. The van der Waals surface area contributed by atoms with Crippen LogP contribution in [-0.4, -0.2) is 28.2 Å². The van der Waals surface area contributed by atoms with E-state index in [2.05, 4.69) is 169 Å². The lowest BCUT2D eigenvalue weighted by Crippen LogP contribution is -2.37. The number of rotatable bonds is 13. The van der Waals surface area contributed by atoms with Crippen LogP contribution in [0.3, 0.4) is 0 Å². The maximum absolute atomic E-state index is 2.37. The molecule has 4 nitrogen and oxygen atoms in total. The number of unbranched alkanes of at least 4 members (excludes halogenated alkanes) is 3. The predicted molar refractivity (Wildman–Crippen MR) is 171 cm³/mol. The Morgan fingerprint density at radius 3 is 1.25 bits per heavy atom. The third-order valence-corrected chi connectivity index (χ3v) is 7.21. The van der Waals surface area contributed by atoms with E-state index in [-0.39, 0.29) is 0 Å². The van der Waals surface area contributed by atoms with E-state index in [1.807, 2.05) is 0 Å². The zero-order valence-electron chi connectivity index (χ0n) is 24.6. The minimum absolute atomic E-state index is 1.04. The SMILES string of the molecule is CN(C)c1ccc(C=Cc2cccc[n+]2CCCCCC[n+]2ccccc2C=Cc2ccc(N(C)C)cc2)cc1. The van der Waals surface area contributed by atoms with E-state index in [0.717, 1.165) is 13.1 Å². The van der Waals surface area contributed by atoms with Gasteiger partial charge in [0.2, 0.25) is 11.4 Å². The van der Waals surface area contributed by atoms with Crippen molar-refractivity contribution in [2.45, 2.75) is 38.8 Å². The molecule has 4 aromatic rings. The maximum atomic E-state index is 2.37. The number of pyridine rings is 2. The first kappa shape index (κ1) is 28.8. The van der Waals surface area contributed by atoms with Crippen LogP contribution < -0.4 is 18.9 Å². The Bertz CT molecular complexity index is 1270. The molecule has 2 heterocycles. The second-order valence-electron chi connectivity index (χ2n) is 10.7. The van der Waals surface area contributed by atoms with E-state index in [4.69, 9.17) is 0 Å². The van der Waals surface area contributed by atoms with Crippen LogP contribution in [0.25, 0.3) is 24.3 Å². The van der Waals surface area contributed by atoms with E-state index in [9.17, 15) is 0 Å². The van der Waals surface area contributed by atoms with Crippen molar-refractivity contribution in [3.8, 4) is 0 Å². The molecule has 0 amide bonds. The standard InChI is InChI=1S/C36H44N4/c1-37(2)33-21-15-31(16-22-33)19-25-35-13-7-11-29-39(35)27-9-5-6-10-28-40-30-12-8-14-36(40)26-20-32-17-23-34(24-18-32)38(3)4/h7-8,11-26,29-30H,5-6,9-10,27-28H2,1-4H3/q+2. The summed E-state index contributed by atoms with van der Waals surface area (Å²) in [6.07, 6.45) is 18.1. The largest absolute Gasteiger partial charge is 0.378 e. The number of aromatic nitrogens is 2. The molecule has 0 saturated carbocycles. The lowest BCUT2D eigenvalue weighted by Gasteiger charge is -2.11. The molecule has 4 rings (SSSR count). The van der Waals surface area contributed by atoms with Crippen LogP contribution in [0.1, 0.15) is 48.2 Å². The summed E-state index contributed by atoms with van der Waals surface area (Å²) in [5.74, 6) is 0. The van der Waals surface area contributed by atoms with Crippen molar-refractivity contribution in [1.82, 2.24) is 0 Å². The van der Waals surface area contributed by atoms with E-state index >= 15 is 0 Å². The Kier molecular flexibility index (Phi) is 10.7. The molecule has 0 unspecified atom stereocenters. The van der Waals surface area contributed by atoms with Crippen molar-refractivity contribution >= 4 is 35.7 Å². The third kappa shape index (κ3) is 8.67. The summed E-state index contributed by atoms with van der Waals surface area (Å²) in [6.45, 7) is 2.08. The van der Waals surface area contributed by atoms with Gasteiger partial charge in [0.05, 0.1) is 0 Å². The van der Waals surface area contributed by atoms with E-state index in [1.54, 1.807) is 0 Å². The normalized spacial score (nSPS) is 11.4. The summed E-state index contributed by atoms with van der Waals surface area (Å²) in [4.78, 5) is 4.25. The fourth-order valence-corrected chi connectivity index (χ4v) is 4.74. The van der Waals surface area contributed by atoms with Crippen LogP contribution in [-0.2, 0) is 13.1 Å². The van der Waals surface area contributed by atoms with Crippen molar-refractivity contribution in [3.63, 3.8) is 0 Å². The maximum Gasteiger partial charge on any atom is 0.205 e. The van der Waals surface area contributed by atoms with Gasteiger partial charge in [-0.15, -0.1) is 0 Å². The molecule has 0 spiro atoms. The van der Waals surface area contributed by atoms with E-state index in [0.29, 0.717) is 0 Å². The Morgan fingerprint density at radius 1 is 0.475 bits per heavy atom. The molecule has 2 aromatic heterocycles. The van der Waals surface area contributed by atoms with Gasteiger partial charge >= 0.3 is 0 Å². The minimum Gasteiger partial charge on any atom is -0.378 e. The van der Waals surface area contributed by atoms with Gasteiger partial charge in [-0.2, -0.15) is 9.13 Å². The summed E-state index contributed by atoms with van der Waals surface area (Å²) in [5, 5.41) is 0. The lowest BCUT2D eigenvalue weighted by atomic mass is 10.1. The van der Waals surface area contributed by atoms with Gasteiger partial charge in [-0.25, -0.2) is 0 Å². The second kappa shape index (κ2) is 14.8. The highest BCUT2D eigenvalue weighted by atomic mass is 15.1. The Hall–Kier alpha value is -4.18. The highest BCUT2D eigenvalue weighted by molar-refractivity contribution is 5.69. The van der Waals surface area contributed by atoms with Crippen LogP contribution in [0, 0.1) is 0 Å². The molecular formula is C36H44N4+2. The van der Waals surface area contributed by atoms with Crippen LogP contribution in [0.5, 0.6) is 0 Å². The topological polar surface area (TPSA) is 14.2 Å². The van der Waals surface area contributed by atoms with Crippen LogP contribution in [0.2, 0.25) is 0 Å². The molecule has 0 saturated heterocycles. The number of hydrogen-bond donors (Lipinski definition) is 0. The number of nitrogens with zero attached hydrogens (tertiary/aromatic N) is 4.